The molecule has 2 N–H and O–H groups in total. The van der Waals surface area contributed by atoms with Crippen LogP contribution < -0.4 is 10.5 Å². The van der Waals surface area contributed by atoms with Crippen LogP contribution in [0.2, 0.25) is 0 Å². The van der Waals surface area contributed by atoms with E-state index in [0.29, 0.717) is 15.4 Å². The Bertz CT molecular complexity index is 1420. The van der Waals surface area contributed by atoms with Crippen molar-refractivity contribution in [2.24, 2.45) is 7.05 Å². The van der Waals surface area contributed by atoms with Gasteiger partial charge in [0.25, 0.3) is 15.9 Å². The van der Waals surface area contributed by atoms with Gasteiger partial charge in [0.05, 0.1) is 10.5 Å². The zero-order valence-corrected chi connectivity index (χ0v) is 18.6. The molecule has 0 saturated heterocycles. The van der Waals surface area contributed by atoms with Crippen LogP contribution in [0.3, 0.4) is 0 Å². The molecule has 3 aromatic rings. The van der Waals surface area contributed by atoms with Crippen molar-refractivity contribution in [3.63, 3.8) is 0 Å². The summed E-state index contributed by atoms with van der Waals surface area (Å²) in [5.74, 6) is -0.599. The van der Waals surface area contributed by atoms with Crippen molar-refractivity contribution in [1.82, 2.24) is 19.1 Å². The van der Waals surface area contributed by atoms with E-state index in [2.05, 4.69) is 10.1 Å². The molecular weight excluding hydrogens is 432 g/mol. The number of pyridine rings is 1. The van der Waals surface area contributed by atoms with Gasteiger partial charge >= 0.3 is 0 Å². The topological polar surface area (TPSA) is 144 Å². The van der Waals surface area contributed by atoms with Crippen molar-refractivity contribution >= 4 is 21.7 Å². The number of nitriles is 1. The number of rotatable bonds is 0. The minimum atomic E-state index is -4.27. The molecule has 164 valence electrons. The first kappa shape index (κ1) is 21.3. The second-order valence-corrected chi connectivity index (χ2v) is 9.43. The van der Waals surface area contributed by atoms with Gasteiger partial charge in [-0.1, -0.05) is 17.7 Å². The summed E-state index contributed by atoms with van der Waals surface area (Å²) >= 11 is 0. The molecule has 0 unspecified atom stereocenters. The summed E-state index contributed by atoms with van der Waals surface area (Å²) < 4.78 is 34.8. The van der Waals surface area contributed by atoms with E-state index in [-0.39, 0.29) is 33.4 Å². The molecule has 0 radical (unpaired) electrons. The van der Waals surface area contributed by atoms with Gasteiger partial charge in [-0.15, -0.1) is 0 Å². The lowest BCUT2D eigenvalue weighted by Crippen LogP contribution is -2.35. The van der Waals surface area contributed by atoms with Gasteiger partial charge < -0.3 is 10.5 Å². The Morgan fingerprint density at radius 2 is 1.97 bits per heavy atom. The molecule has 0 spiro atoms. The van der Waals surface area contributed by atoms with Crippen LogP contribution in [0.4, 0.5) is 5.82 Å². The first-order valence-corrected chi connectivity index (χ1v) is 11.0. The molecule has 0 saturated carbocycles. The zero-order valence-electron chi connectivity index (χ0n) is 17.8. The highest BCUT2D eigenvalue weighted by atomic mass is 32.2. The molecule has 0 aliphatic carbocycles. The van der Waals surface area contributed by atoms with Gasteiger partial charge in [0, 0.05) is 31.4 Å². The van der Waals surface area contributed by atoms with E-state index in [9.17, 15) is 18.5 Å². The standard InChI is InChI=1S/C21H20N6O4S/c1-11-5-6-17-14(7-11)12(2)31-16-8-13(10-24-20(16)23)18-15(9-22)26(3)25-19(18)21(28)27(4)32(17,29)30/h5-8,10,12H,1-4H3,(H2,23,24)/t12-/m1/s1. The number of nitrogens with zero attached hydrogens (tertiary/aromatic N) is 5. The smallest absolute Gasteiger partial charge is 0.288 e. The Morgan fingerprint density at radius 1 is 1.25 bits per heavy atom. The van der Waals surface area contributed by atoms with E-state index in [1.807, 2.05) is 13.0 Å². The van der Waals surface area contributed by atoms with Gasteiger partial charge in [0.2, 0.25) is 0 Å². The first-order valence-electron chi connectivity index (χ1n) is 9.59. The fourth-order valence-corrected chi connectivity index (χ4v) is 5.00. The third-order valence-electron chi connectivity index (χ3n) is 5.36. The largest absolute Gasteiger partial charge is 0.482 e. The summed E-state index contributed by atoms with van der Waals surface area (Å²) in [7, 11) is -1.61. The number of sulfonamides is 1. The van der Waals surface area contributed by atoms with Crippen molar-refractivity contribution in [3.8, 4) is 22.9 Å². The summed E-state index contributed by atoms with van der Waals surface area (Å²) in [6, 6.07) is 8.35. The predicted octanol–water partition coefficient (Wildman–Crippen LogP) is 2.16. The Morgan fingerprint density at radius 3 is 2.66 bits per heavy atom. The number of hydrogen-bond acceptors (Lipinski definition) is 8. The van der Waals surface area contributed by atoms with Crippen LogP contribution in [-0.2, 0) is 17.1 Å². The Balaban J connectivity index is 2.09. The van der Waals surface area contributed by atoms with Gasteiger partial charge in [-0.2, -0.15) is 10.4 Å². The number of aryl methyl sites for hydroxylation is 2. The van der Waals surface area contributed by atoms with E-state index in [1.165, 1.54) is 24.0 Å². The van der Waals surface area contributed by atoms with Crippen molar-refractivity contribution in [1.29, 1.82) is 5.26 Å². The monoisotopic (exact) mass is 452 g/mol. The van der Waals surface area contributed by atoms with Crippen LogP contribution in [0.1, 0.15) is 40.3 Å². The molecule has 1 amide bonds. The lowest BCUT2D eigenvalue weighted by Gasteiger charge is -2.24. The lowest BCUT2D eigenvalue weighted by atomic mass is 10.0. The van der Waals surface area contributed by atoms with Gasteiger partial charge in [0.1, 0.15) is 17.9 Å². The molecule has 1 aliphatic heterocycles. The van der Waals surface area contributed by atoms with E-state index in [1.54, 1.807) is 25.1 Å². The van der Waals surface area contributed by atoms with E-state index < -0.39 is 22.0 Å². The van der Waals surface area contributed by atoms with Gasteiger partial charge in [-0.05, 0) is 26.0 Å². The number of carbonyl (C=O) groups is 1. The fraction of sp³-hybridized carbons (Fsp3) is 0.238. The van der Waals surface area contributed by atoms with Crippen molar-refractivity contribution in [2.45, 2.75) is 24.8 Å². The van der Waals surface area contributed by atoms with Gasteiger partial charge in [-0.25, -0.2) is 17.7 Å². The molecule has 4 rings (SSSR count). The number of nitrogen functional groups attached to an aromatic ring is 1. The second kappa shape index (κ2) is 7.35. The number of carbonyl (C=O) groups excluding carboxylic acids is 1. The third-order valence-corrected chi connectivity index (χ3v) is 7.17. The molecule has 3 heterocycles. The minimum absolute atomic E-state index is 0.0674. The number of amides is 1. The van der Waals surface area contributed by atoms with Crippen LogP contribution in [0.25, 0.3) is 11.1 Å². The van der Waals surface area contributed by atoms with Gasteiger partial charge in [-0.3, -0.25) is 9.48 Å². The van der Waals surface area contributed by atoms with E-state index in [4.69, 9.17) is 10.5 Å². The molecule has 0 fully saturated rings. The average Bonchev–Trinajstić information content (AvgIpc) is 3.09. The Labute approximate surface area is 184 Å². The summed E-state index contributed by atoms with van der Waals surface area (Å²) in [4.78, 5) is 17.4. The first-order chi connectivity index (χ1) is 15.1. The zero-order chi connectivity index (χ0) is 23.4. The van der Waals surface area contributed by atoms with Crippen molar-refractivity contribution in [3.05, 3.63) is 53.0 Å². The molecule has 1 aliphatic rings. The fourth-order valence-electron chi connectivity index (χ4n) is 3.64. The maximum absolute atomic E-state index is 13.5. The predicted molar refractivity (Wildman–Crippen MR) is 115 cm³/mol. The molecule has 2 aromatic heterocycles. The number of ether oxygens (including phenoxy) is 1. The third kappa shape index (κ3) is 3.16. The van der Waals surface area contributed by atoms with Gasteiger partial charge in [0.15, 0.2) is 17.3 Å². The number of benzene rings is 1. The molecule has 10 nitrogen and oxygen atoms in total. The van der Waals surface area contributed by atoms with Crippen LogP contribution in [0, 0.1) is 18.3 Å². The normalized spacial score (nSPS) is 17.3. The highest BCUT2D eigenvalue weighted by molar-refractivity contribution is 7.89. The highest BCUT2D eigenvalue weighted by Crippen LogP contribution is 2.37. The SMILES string of the molecule is Cc1ccc2c(c1)[C@@H](C)Oc1cc(cnc1N)-c1c(nn(C)c1C#N)C(=O)N(C)S2(=O)=O. The molecule has 1 aromatic carbocycles. The summed E-state index contributed by atoms with van der Waals surface area (Å²) in [5, 5.41) is 13.8. The minimum Gasteiger partial charge on any atom is -0.482 e. The summed E-state index contributed by atoms with van der Waals surface area (Å²) in [6.07, 6.45) is 0.658. The molecule has 11 heteroatoms. The number of nitrogens with two attached hydrogens (primary N) is 1. The lowest BCUT2D eigenvalue weighted by molar-refractivity contribution is 0.0877. The second-order valence-electron chi connectivity index (χ2n) is 7.49. The summed E-state index contributed by atoms with van der Waals surface area (Å²) in [6.45, 7) is 3.51. The number of fused-ring (bicyclic) bond motifs is 5. The maximum atomic E-state index is 13.5. The van der Waals surface area contributed by atoms with Crippen LogP contribution in [0.5, 0.6) is 5.75 Å². The maximum Gasteiger partial charge on any atom is 0.288 e. The number of hydrogen-bond donors (Lipinski definition) is 1. The summed E-state index contributed by atoms with van der Waals surface area (Å²) in [5.41, 5.74) is 7.57. The van der Waals surface area contributed by atoms with Crippen LogP contribution in [0.15, 0.2) is 35.4 Å². The average molecular weight is 452 g/mol. The van der Waals surface area contributed by atoms with Crippen LogP contribution >= 0.6 is 0 Å². The highest BCUT2D eigenvalue weighted by Gasteiger charge is 2.35. The van der Waals surface area contributed by atoms with Crippen molar-refractivity contribution in [2.75, 3.05) is 12.8 Å². The molecule has 2 bridgehead atoms. The Kier molecular flexibility index (Phi) is 4.90. The quantitative estimate of drug-likeness (QED) is 0.546. The van der Waals surface area contributed by atoms with E-state index >= 15 is 0 Å². The van der Waals surface area contributed by atoms with Crippen LogP contribution in [-0.4, -0.2) is 40.4 Å². The molecule has 1 atom stereocenters. The molecular formula is C21H20N6O4S. The van der Waals surface area contributed by atoms with E-state index in [0.717, 1.165) is 12.6 Å². The van der Waals surface area contributed by atoms with Crippen molar-refractivity contribution < 1.29 is 17.9 Å². The number of anilines is 1. The Hall–Kier alpha value is -3.91. The molecule has 32 heavy (non-hydrogen) atoms. The number of aromatic nitrogens is 3.